The molecule has 1 heterocycles. The summed E-state index contributed by atoms with van der Waals surface area (Å²) in [5.41, 5.74) is -1.85. The van der Waals surface area contributed by atoms with Crippen LogP contribution in [-0.4, -0.2) is 101 Å². The van der Waals surface area contributed by atoms with Crippen molar-refractivity contribution < 1.29 is 53.1 Å². The van der Waals surface area contributed by atoms with Crippen molar-refractivity contribution in [2.24, 2.45) is 4.99 Å². The van der Waals surface area contributed by atoms with Crippen molar-refractivity contribution in [3.8, 4) is 0 Å². The summed E-state index contributed by atoms with van der Waals surface area (Å²) in [6, 6.07) is -2.59. The Kier molecular flexibility index (Phi) is 14.5. The molecule has 5 atom stereocenters. The van der Waals surface area contributed by atoms with Crippen LogP contribution in [-0.2, 0) is 33.3 Å². The van der Waals surface area contributed by atoms with E-state index >= 15 is 0 Å². The van der Waals surface area contributed by atoms with Crippen LogP contribution in [0.5, 0.6) is 0 Å². The Bertz CT molecular complexity index is 1060. The Hall–Kier alpha value is -3.92. The van der Waals surface area contributed by atoms with Gasteiger partial charge in [-0.05, 0) is 54.0 Å². The van der Waals surface area contributed by atoms with Gasteiger partial charge in [0.05, 0.1) is 19.2 Å². The van der Waals surface area contributed by atoms with E-state index < -0.39 is 77.4 Å². The number of amides is 4. The van der Waals surface area contributed by atoms with E-state index in [9.17, 15) is 34.2 Å². The van der Waals surface area contributed by atoms with E-state index in [1.165, 1.54) is 6.92 Å². The van der Waals surface area contributed by atoms with Crippen LogP contribution >= 0.6 is 0 Å². The molecule has 0 aromatic heterocycles. The largest absolute Gasteiger partial charge is 0.478 e. The van der Waals surface area contributed by atoms with E-state index in [1.807, 2.05) is 6.92 Å². The molecular formula is C28H47N5O11. The van der Waals surface area contributed by atoms with E-state index in [-0.39, 0.29) is 18.9 Å². The first-order valence-electron chi connectivity index (χ1n) is 14.2. The lowest BCUT2D eigenvalue weighted by molar-refractivity contribution is -0.147. The highest BCUT2D eigenvalue weighted by Crippen LogP contribution is 2.25. The number of alkyl carbamates (subject to hydrolysis) is 2. The van der Waals surface area contributed by atoms with E-state index in [0.717, 1.165) is 19.6 Å². The quantitative estimate of drug-likeness (QED) is 0.0856. The van der Waals surface area contributed by atoms with Crippen LogP contribution < -0.4 is 21.3 Å². The standard InChI is InChI=1S/C28H47N5O11/c1-10-11-12-19(36)29-14-17(35)21(37)22-20(30-15(2)34)16(13-18(42-22)23(38)41-9)31-24(32-25(39)43-27(3,4)5)33-26(40)44-28(6,7)8/h13,16-17,20-22,35,37H,10-12,14H2,1-9H3,(H,29,36)(H,30,34)(H2,31,32,33,39,40)/t16-,17?,20+,21?,22+/m0/s1. The van der Waals surface area contributed by atoms with Crippen molar-refractivity contribution >= 4 is 35.9 Å². The number of unbranched alkanes of at least 4 members (excludes halogenated alkanes) is 1. The summed E-state index contributed by atoms with van der Waals surface area (Å²) in [7, 11) is 1.08. The molecule has 6 N–H and O–H groups in total. The molecule has 250 valence electrons. The topological polar surface area (TPSA) is 223 Å². The lowest BCUT2D eigenvalue weighted by atomic mass is 9.92. The van der Waals surface area contributed by atoms with Crippen LogP contribution in [0, 0.1) is 0 Å². The summed E-state index contributed by atoms with van der Waals surface area (Å²) in [5, 5.41) is 31.5. The molecule has 0 fully saturated rings. The molecule has 0 aromatic carbocycles. The number of esters is 1. The van der Waals surface area contributed by atoms with Crippen molar-refractivity contribution in [3.63, 3.8) is 0 Å². The third-order valence-electron chi connectivity index (χ3n) is 5.58. The molecule has 1 aliphatic heterocycles. The normalized spacial score (nSPS) is 19.5. The van der Waals surface area contributed by atoms with Gasteiger partial charge in [0.2, 0.25) is 23.5 Å². The van der Waals surface area contributed by atoms with Gasteiger partial charge in [-0.2, -0.15) is 0 Å². The van der Waals surface area contributed by atoms with Gasteiger partial charge in [-0.3, -0.25) is 20.2 Å². The number of ether oxygens (including phenoxy) is 4. The fourth-order valence-corrected chi connectivity index (χ4v) is 3.76. The zero-order chi connectivity index (χ0) is 33.8. The van der Waals surface area contributed by atoms with E-state index in [2.05, 4.69) is 26.3 Å². The lowest BCUT2D eigenvalue weighted by Gasteiger charge is -2.39. The predicted octanol–water partition coefficient (Wildman–Crippen LogP) is 0.749. The van der Waals surface area contributed by atoms with Gasteiger partial charge in [0.25, 0.3) is 0 Å². The number of methoxy groups -OCH3 is 1. The number of aliphatic imine (C=N–C) groups is 1. The van der Waals surface area contributed by atoms with Gasteiger partial charge in [-0.15, -0.1) is 0 Å². The van der Waals surface area contributed by atoms with Crippen LogP contribution in [0.25, 0.3) is 0 Å². The summed E-state index contributed by atoms with van der Waals surface area (Å²) in [6.45, 7) is 12.4. The van der Waals surface area contributed by atoms with Crippen molar-refractivity contribution in [1.82, 2.24) is 21.3 Å². The average Bonchev–Trinajstić information content (AvgIpc) is 2.87. The molecule has 0 spiro atoms. The number of aliphatic hydroxyl groups is 2. The van der Waals surface area contributed by atoms with Gasteiger partial charge >= 0.3 is 18.2 Å². The molecule has 1 aliphatic rings. The summed E-state index contributed by atoms with van der Waals surface area (Å²) < 4.78 is 20.9. The van der Waals surface area contributed by atoms with Gasteiger partial charge < -0.3 is 39.8 Å². The highest BCUT2D eigenvalue weighted by Gasteiger charge is 2.44. The Morgan fingerprint density at radius 3 is 2.00 bits per heavy atom. The van der Waals surface area contributed by atoms with Crippen molar-refractivity contribution in [1.29, 1.82) is 0 Å². The monoisotopic (exact) mass is 629 g/mol. The second kappa shape index (κ2) is 16.8. The second-order valence-electron chi connectivity index (χ2n) is 12.0. The van der Waals surface area contributed by atoms with Crippen LogP contribution in [0.4, 0.5) is 9.59 Å². The maximum absolute atomic E-state index is 12.6. The second-order valence-corrected chi connectivity index (χ2v) is 12.0. The number of guanidine groups is 1. The molecule has 0 aromatic rings. The number of carbonyl (C=O) groups excluding carboxylic acids is 5. The zero-order valence-electron chi connectivity index (χ0n) is 26.8. The Morgan fingerprint density at radius 1 is 1.00 bits per heavy atom. The highest BCUT2D eigenvalue weighted by molar-refractivity contribution is 6.01. The number of rotatable bonds is 10. The third-order valence-corrected chi connectivity index (χ3v) is 5.58. The molecule has 4 amide bonds. The van der Waals surface area contributed by atoms with Crippen molar-refractivity contribution in [2.75, 3.05) is 13.7 Å². The number of hydrogen-bond acceptors (Lipinski definition) is 12. The van der Waals surface area contributed by atoms with Gasteiger partial charge in [0.15, 0.2) is 0 Å². The average molecular weight is 630 g/mol. The fourth-order valence-electron chi connectivity index (χ4n) is 3.76. The molecule has 1 rings (SSSR count). The van der Waals surface area contributed by atoms with Gasteiger partial charge in [-0.25, -0.2) is 19.4 Å². The van der Waals surface area contributed by atoms with Crippen LogP contribution in [0.1, 0.15) is 74.7 Å². The van der Waals surface area contributed by atoms with E-state index in [0.29, 0.717) is 6.42 Å². The van der Waals surface area contributed by atoms with Gasteiger partial charge in [0, 0.05) is 19.9 Å². The summed E-state index contributed by atoms with van der Waals surface area (Å²) in [6.07, 6.45) is -4.15. The summed E-state index contributed by atoms with van der Waals surface area (Å²) >= 11 is 0. The number of nitrogens with one attached hydrogen (secondary N) is 4. The summed E-state index contributed by atoms with van der Waals surface area (Å²) in [5.74, 6) is -2.86. The van der Waals surface area contributed by atoms with Crippen molar-refractivity contribution in [3.05, 3.63) is 11.8 Å². The number of aliphatic hydroxyl groups excluding tert-OH is 2. The minimum absolute atomic E-state index is 0.220. The molecule has 44 heavy (non-hydrogen) atoms. The van der Waals surface area contributed by atoms with E-state index in [4.69, 9.17) is 18.9 Å². The Balaban J connectivity index is 3.56. The minimum atomic E-state index is -1.79. The number of carbonyl (C=O) groups is 5. The maximum atomic E-state index is 12.6. The molecule has 0 bridgehead atoms. The summed E-state index contributed by atoms with van der Waals surface area (Å²) in [4.78, 5) is 66.3. The fraction of sp³-hybridized carbons (Fsp3) is 0.714. The van der Waals surface area contributed by atoms with E-state index in [1.54, 1.807) is 41.5 Å². The SMILES string of the molecule is CCCCC(=O)NCC(O)C(O)[C@@H]1OC(C(=O)OC)=C[C@H](N=C(NC(=O)OC(C)(C)C)NC(=O)OC(C)(C)C)[C@H]1NC(C)=O. The molecule has 0 saturated heterocycles. The highest BCUT2D eigenvalue weighted by atomic mass is 16.6. The first-order valence-corrected chi connectivity index (χ1v) is 14.2. The third kappa shape index (κ3) is 14.0. The maximum Gasteiger partial charge on any atom is 0.414 e. The zero-order valence-corrected chi connectivity index (χ0v) is 26.8. The molecule has 0 saturated carbocycles. The van der Waals surface area contributed by atoms with Gasteiger partial charge in [0.1, 0.15) is 29.5 Å². The van der Waals surface area contributed by atoms with Crippen molar-refractivity contribution in [2.45, 2.75) is 116 Å². The Labute approximate surface area is 257 Å². The Morgan fingerprint density at radius 2 is 1.55 bits per heavy atom. The van der Waals surface area contributed by atoms with Crippen LogP contribution in [0.2, 0.25) is 0 Å². The first kappa shape index (κ1) is 38.1. The first-order chi connectivity index (χ1) is 20.3. The molecular weight excluding hydrogens is 582 g/mol. The number of nitrogens with zero attached hydrogens (tertiary/aromatic N) is 1. The lowest BCUT2D eigenvalue weighted by Crippen LogP contribution is -2.60. The van der Waals surface area contributed by atoms with Gasteiger partial charge in [-0.1, -0.05) is 13.3 Å². The predicted molar refractivity (Wildman–Crippen MR) is 157 cm³/mol. The number of hydrogen-bond donors (Lipinski definition) is 6. The smallest absolute Gasteiger partial charge is 0.414 e. The molecule has 2 unspecified atom stereocenters. The van der Waals surface area contributed by atoms with Crippen LogP contribution in [0.15, 0.2) is 16.8 Å². The molecule has 16 heteroatoms. The molecule has 0 aliphatic carbocycles. The van der Waals surface area contributed by atoms with Crippen LogP contribution in [0.3, 0.4) is 0 Å². The molecule has 0 radical (unpaired) electrons. The minimum Gasteiger partial charge on any atom is -0.478 e. The molecule has 16 nitrogen and oxygen atoms in total.